The van der Waals surface area contributed by atoms with Gasteiger partial charge in [0.15, 0.2) is 0 Å². The molecule has 0 radical (unpaired) electrons. The van der Waals surface area contributed by atoms with Gasteiger partial charge in [0.2, 0.25) is 5.91 Å². The summed E-state index contributed by atoms with van der Waals surface area (Å²) >= 11 is 5.86. The van der Waals surface area contributed by atoms with Crippen LogP contribution in [0, 0.1) is 10.8 Å². The lowest BCUT2D eigenvalue weighted by molar-refractivity contribution is -0.117. The molecule has 0 aromatic heterocycles. The molecule has 0 saturated heterocycles. The Hall–Kier alpha value is -2.20. The molecule has 1 fully saturated rings. The largest absolute Gasteiger partial charge is 0.326 e. The molecular weight excluding hydrogens is 348 g/mol. The highest BCUT2D eigenvalue weighted by Gasteiger charge is 2.24. The summed E-state index contributed by atoms with van der Waals surface area (Å²) in [5.74, 6) is 1.06. The summed E-state index contributed by atoms with van der Waals surface area (Å²) in [7, 11) is 0. The van der Waals surface area contributed by atoms with Gasteiger partial charge in [0.25, 0.3) is 0 Å². The van der Waals surface area contributed by atoms with Crippen molar-refractivity contribution in [2.45, 2.75) is 44.6 Å². The second-order valence-corrected chi connectivity index (χ2v) is 7.44. The number of halogens is 1. The molecule has 1 aliphatic rings. The zero-order valence-electron chi connectivity index (χ0n) is 14.7. The normalized spacial score (nSPS) is 19.7. The van der Waals surface area contributed by atoms with E-state index in [0.29, 0.717) is 23.3 Å². The van der Waals surface area contributed by atoms with E-state index in [0.717, 1.165) is 36.9 Å². The monoisotopic (exact) mass is 370 g/mol. The Kier molecular flexibility index (Phi) is 6.40. The molecule has 1 aliphatic carbocycles. The molecule has 0 bridgehead atoms. The fourth-order valence-corrected chi connectivity index (χ4v) is 3.80. The molecule has 0 spiro atoms. The summed E-state index contributed by atoms with van der Waals surface area (Å²) in [6, 6.07) is 15.4. The van der Waals surface area contributed by atoms with Crippen molar-refractivity contribution in [2.75, 3.05) is 5.32 Å². The maximum atomic E-state index is 12.2. The van der Waals surface area contributed by atoms with E-state index < -0.39 is 0 Å². The Morgan fingerprint density at radius 1 is 1.00 bits per heavy atom. The third-order valence-electron chi connectivity index (χ3n) is 5.15. The molecule has 2 aromatic rings. The second kappa shape index (κ2) is 8.95. The van der Waals surface area contributed by atoms with E-state index in [-0.39, 0.29) is 12.5 Å². The topological polar surface area (TPSA) is 58.5 Å². The molecule has 4 nitrogen and oxygen atoms in total. The van der Waals surface area contributed by atoms with Gasteiger partial charge in [0.1, 0.15) is 6.54 Å². The van der Waals surface area contributed by atoms with Crippen LogP contribution in [0.4, 0.5) is 5.69 Å². The Bertz CT molecular complexity index is 736. The number of rotatable bonds is 6. The summed E-state index contributed by atoms with van der Waals surface area (Å²) in [5, 5.41) is 6.53. The molecule has 0 unspecified atom stereocenters. The highest BCUT2D eigenvalue weighted by atomic mass is 35.5. The molecule has 1 N–H and O–H groups in total. The third kappa shape index (κ3) is 5.15. The van der Waals surface area contributed by atoms with Crippen LogP contribution in [0.15, 0.2) is 53.7 Å². The average molecular weight is 371 g/mol. The van der Waals surface area contributed by atoms with E-state index >= 15 is 0 Å². The minimum absolute atomic E-state index is 0.0708. The second-order valence-electron chi connectivity index (χ2n) is 7.01. The number of hydrogen-bond donors (Lipinski definition) is 1. The van der Waals surface area contributed by atoms with Crippen LogP contribution in [0.3, 0.4) is 0 Å². The zero-order valence-corrected chi connectivity index (χ0v) is 15.4. The smallest absolute Gasteiger partial charge is 0.224 e. The van der Waals surface area contributed by atoms with Gasteiger partial charge in [-0.3, -0.25) is 4.79 Å². The zero-order chi connectivity index (χ0) is 18.4. The molecular formula is C21H23ClN2O2. The third-order valence-corrected chi connectivity index (χ3v) is 5.40. The van der Waals surface area contributed by atoms with E-state index in [4.69, 9.17) is 11.6 Å². The Morgan fingerprint density at radius 2 is 1.65 bits per heavy atom. The minimum atomic E-state index is 0.0708. The molecule has 0 heterocycles. The van der Waals surface area contributed by atoms with Crippen LogP contribution in [-0.4, -0.2) is 5.91 Å². The summed E-state index contributed by atoms with van der Waals surface area (Å²) in [4.78, 5) is 22.6. The standard InChI is InChI=1S/C21H23ClN2O2/c22-19-9-11-20(12-10-19)24-21(25)13-15-1-5-17(6-2-15)18-7-3-16(4-8-18)14-23-26/h3-4,7-12,15,17H,1-2,5-6,13-14H2,(H,24,25)/t15-,17+. The Labute approximate surface area is 158 Å². The first-order chi connectivity index (χ1) is 12.6. The summed E-state index contributed by atoms with van der Waals surface area (Å²) < 4.78 is 0. The maximum Gasteiger partial charge on any atom is 0.224 e. The van der Waals surface area contributed by atoms with Gasteiger partial charge in [-0.15, -0.1) is 0 Å². The van der Waals surface area contributed by atoms with Crippen molar-refractivity contribution >= 4 is 23.2 Å². The summed E-state index contributed by atoms with van der Waals surface area (Å²) in [5.41, 5.74) is 3.07. The van der Waals surface area contributed by atoms with Gasteiger partial charge in [0.05, 0.1) is 0 Å². The molecule has 1 amide bonds. The SMILES string of the molecule is O=NCc1ccc([C@H]2CC[C@@H](CC(=O)Nc3ccc(Cl)cc3)CC2)cc1. The van der Waals surface area contributed by atoms with Gasteiger partial charge in [-0.05, 0) is 72.9 Å². The molecule has 136 valence electrons. The van der Waals surface area contributed by atoms with Crippen LogP contribution in [-0.2, 0) is 11.3 Å². The van der Waals surface area contributed by atoms with Crippen LogP contribution in [0.5, 0.6) is 0 Å². The number of carbonyl (C=O) groups is 1. The molecule has 1 saturated carbocycles. The lowest BCUT2D eigenvalue weighted by Gasteiger charge is -2.28. The minimum Gasteiger partial charge on any atom is -0.326 e. The molecule has 3 rings (SSSR count). The number of carbonyl (C=O) groups excluding carboxylic acids is 1. The lowest BCUT2D eigenvalue weighted by Crippen LogP contribution is -2.20. The predicted molar refractivity (Wildman–Crippen MR) is 105 cm³/mol. The number of nitroso groups, excluding NO2 is 1. The maximum absolute atomic E-state index is 12.2. The number of amides is 1. The van der Waals surface area contributed by atoms with E-state index in [2.05, 4.69) is 22.6 Å². The molecule has 0 aliphatic heterocycles. The van der Waals surface area contributed by atoms with Crippen molar-refractivity contribution in [3.05, 3.63) is 69.6 Å². The van der Waals surface area contributed by atoms with Crippen LogP contribution >= 0.6 is 11.6 Å². The number of hydrogen-bond acceptors (Lipinski definition) is 3. The Balaban J connectivity index is 1.46. The first-order valence-corrected chi connectivity index (χ1v) is 9.45. The van der Waals surface area contributed by atoms with E-state index in [9.17, 15) is 9.70 Å². The molecule has 2 aromatic carbocycles. The van der Waals surface area contributed by atoms with Gasteiger partial charge in [0, 0.05) is 17.1 Å². The molecule has 5 heteroatoms. The van der Waals surface area contributed by atoms with Gasteiger partial charge in [-0.2, -0.15) is 4.91 Å². The fraction of sp³-hybridized carbons (Fsp3) is 0.381. The van der Waals surface area contributed by atoms with Crippen LogP contribution < -0.4 is 5.32 Å². The highest BCUT2D eigenvalue weighted by molar-refractivity contribution is 6.30. The lowest BCUT2D eigenvalue weighted by atomic mass is 9.77. The van der Waals surface area contributed by atoms with Crippen LogP contribution in [0.25, 0.3) is 0 Å². The average Bonchev–Trinajstić information content (AvgIpc) is 2.65. The number of nitrogens with zero attached hydrogens (tertiary/aromatic N) is 1. The van der Waals surface area contributed by atoms with Crippen molar-refractivity contribution in [3.63, 3.8) is 0 Å². The quantitative estimate of drug-likeness (QED) is 0.642. The summed E-state index contributed by atoms with van der Waals surface area (Å²) in [6.45, 7) is 0.232. The molecule has 26 heavy (non-hydrogen) atoms. The van der Waals surface area contributed by atoms with Gasteiger partial charge >= 0.3 is 0 Å². The predicted octanol–water partition coefficient (Wildman–Crippen LogP) is 5.91. The summed E-state index contributed by atoms with van der Waals surface area (Å²) in [6.07, 6.45) is 4.90. The van der Waals surface area contributed by atoms with Gasteiger partial charge in [-0.25, -0.2) is 0 Å². The van der Waals surface area contributed by atoms with Crippen LogP contribution in [0.2, 0.25) is 5.02 Å². The van der Waals surface area contributed by atoms with Crippen molar-refractivity contribution in [3.8, 4) is 0 Å². The van der Waals surface area contributed by atoms with Crippen molar-refractivity contribution in [1.82, 2.24) is 0 Å². The first kappa shape index (κ1) is 18.6. The fourth-order valence-electron chi connectivity index (χ4n) is 3.68. The Morgan fingerprint density at radius 3 is 2.27 bits per heavy atom. The van der Waals surface area contributed by atoms with Crippen LogP contribution in [0.1, 0.15) is 49.1 Å². The van der Waals surface area contributed by atoms with Gasteiger partial charge in [-0.1, -0.05) is 41.0 Å². The van der Waals surface area contributed by atoms with Gasteiger partial charge < -0.3 is 5.32 Å². The van der Waals surface area contributed by atoms with Crippen molar-refractivity contribution < 1.29 is 4.79 Å². The molecule has 0 atom stereocenters. The first-order valence-electron chi connectivity index (χ1n) is 9.07. The van der Waals surface area contributed by atoms with Crippen molar-refractivity contribution in [1.29, 1.82) is 0 Å². The number of anilines is 1. The highest BCUT2D eigenvalue weighted by Crippen LogP contribution is 2.37. The van der Waals surface area contributed by atoms with E-state index in [1.807, 2.05) is 24.3 Å². The number of nitrogens with one attached hydrogen (secondary N) is 1. The van der Waals surface area contributed by atoms with E-state index in [1.54, 1.807) is 12.1 Å². The number of benzene rings is 2. The van der Waals surface area contributed by atoms with E-state index in [1.165, 1.54) is 5.56 Å². The van der Waals surface area contributed by atoms with Crippen molar-refractivity contribution in [2.24, 2.45) is 11.1 Å².